The van der Waals surface area contributed by atoms with E-state index < -0.39 is 17.3 Å². The summed E-state index contributed by atoms with van der Waals surface area (Å²) in [5, 5.41) is 9.60. The second-order valence-corrected chi connectivity index (χ2v) is 5.86. The van der Waals surface area contributed by atoms with Gasteiger partial charge in [-0.2, -0.15) is 5.26 Å². The molecule has 0 aromatic heterocycles. The van der Waals surface area contributed by atoms with Gasteiger partial charge >= 0.3 is 5.97 Å². The monoisotopic (exact) mass is 335 g/mol. The van der Waals surface area contributed by atoms with Crippen LogP contribution in [0.4, 0.5) is 0 Å². The molecule has 0 unspecified atom stereocenters. The lowest BCUT2D eigenvalue weighted by molar-refractivity contribution is -0.151. The zero-order valence-electron chi connectivity index (χ0n) is 11.1. The molecule has 0 bridgehead atoms. The Labute approximate surface area is 125 Å². The van der Waals surface area contributed by atoms with Gasteiger partial charge in [0, 0.05) is 10.9 Å². The van der Waals surface area contributed by atoms with Crippen LogP contribution in [-0.2, 0) is 19.7 Å². The lowest BCUT2D eigenvalue weighted by Gasteiger charge is -2.34. The molecule has 0 N–H and O–H groups in total. The number of rotatable bonds is 2. The van der Waals surface area contributed by atoms with Crippen molar-refractivity contribution < 1.29 is 14.3 Å². The van der Waals surface area contributed by atoms with E-state index in [0.29, 0.717) is 6.42 Å². The fourth-order valence-electron chi connectivity index (χ4n) is 2.63. The first kappa shape index (κ1) is 14.7. The van der Waals surface area contributed by atoms with E-state index in [-0.39, 0.29) is 18.6 Å². The molecule has 1 aromatic rings. The molecule has 0 amide bonds. The van der Waals surface area contributed by atoms with Gasteiger partial charge < -0.3 is 4.74 Å². The lowest BCUT2D eigenvalue weighted by Crippen LogP contribution is -2.40. The Balaban J connectivity index is 2.36. The van der Waals surface area contributed by atoms with E-state index in [1.165, 1.54) is 7.11 Å². The van der Waals surface area contributed by atoms with Crippen LogP contribution in [0.5, 0.6) is 0 Å². The molecular weight excluding hydrogens is 322 g/mol. The molecule has 1 aromatic carbocycles. The molecule has 1 fully saturated rings. The van der Waals surface area contributed by atoms with Crippen LogP contribution in [0.15, 0.2) is 28.7 Å². The zero-order valence-corrected chi connectivity index (χ0v) is 12.6. The summed E-state index contributed by atoms with van der Waals surface area (Å²) in [6, 6.07) is 9.74. The van der Waals surface area contributed by atoms with Crippen molar-refractivity contribution in [1.29, 1.82) is 5.26 Å². The van der Waals surface area contributed by atoms with Crippen LogP contribution in [0.3, 0.4) is 0 Å². The highest BCUT2D eigenvalue weighted by Gasteiger charge is 2.45. The van der Waals surface area contributed by atoms with E-state index >= 15 is 0 Å². The number of hydrogen-bond acceptors (Lipinski definition) is 4. The number of ketones is 1. The molecule has 1 aliphatic carbocycles. The number of carbonyl (C=O) groups is 2. The second-order valence-electron chi connectivity index (χ2n) is 4.95. The fraction of sp³-hybridized carbons (Fsp3) is 0.400. The number of benzene rings is 1. The minimum Gasteiger partial charge on any atom is -0.468 e. The molecule has 0 aliphatic heterocycles. The molecule has 5 heteroatoms. The summed E-state index contributed by atoms with van der Waals surface area (Å²) in [4.78, 5) is 23.6. The topological polar surface area (TPSA) is 67.2 Å². The number of esters is 1. The first-order chi connectivity index (χ1) is 9.52. The molecule has 0 radical (unpaired) electrons. The smallest absolute Gasteiger partial charge is 0.316 e. The minimum absolute atomic E-state index is 0.139. The molecule has 20 heavy (non-hydrogen) atoms. The second kappa shape index (κ2) is 5.76. The predicted molar refractivity (Wildman–Crippen MR) is 75.8 cm³/mol. The van der Waals surface area contributed by atoms with Gasteiger partial charge in [-0.25, -0.2) is 0 Å². The number of hydrogen-bond donors (Lipinski definition) is 0. The van der Waals surface area contributed by atoms with Crippen molar-refractivity contribution in [2.24, 2.45) is 5.92 Å². The first-order valence-corrected chi connectivity index (χ1v) is 7.09. The normalized spacial score (nSPS) is 25.9. The van der Waals surface area contributed by atoms with Crippen LogP contribution in [-0.4, -0.2) is 18.9 Å². The molecule has 2 rings (SSSR count). The SMILES string of the molecule is COC(=O)[C@@H]1C[C@@](C#N)(c2ccc(Br)cc2)CCC1=O. The molecule has 104 valence electrons. The summed E-state index contributed by atoms with van der Waals surface area (Å²) in [6.07, 6.45) is 0.859. The lowest BCUT2D eigenvalue weighted by atomic mass is 9.66. The highest BCUT2D eigenvalue weighted by Crippen LogP contribution is 2.41. The Morgan fingerprint density at radius 3 is 2.65 bits per heavy atom. The molecular formula is C15H14BrNO3. The molecule has 2 atom stereocenters. The quantitative estimate of drug-likeness (QED) is 0.615. The van der Waals surface area contributed by atoms with Crippen molar-refractivity contribution in [2.45, 2.75) is 24.7 Å². The van der Waals surface area contributed by atoms with E-state index in [9.17, 15) is 14.9 Å². The molecule has 0 saturated heterocycles. The van der Waals surface area contributed by atoms with Crippen molar-refractivity contribution >= 4 is 27.7 Å². The standard InChI is InChI=1S/C15H14BrNO3/c1-20-14(19)12-8-15(9-17,7-6-13(12)18)10-2-4-11(16)5-3-10/h2-5,12H,6-8H2,1H3/t12-,15+/m1/s1. The summed E-state index contributed by atoms with van der Waals surface area (Å²) in [5.41, 5.74) is 0.0394. The maximum absolute atomic E-state index is 11.9. The summed E-state index contributed by atoms with van der Waals surface area (Å²) >= 11 is 3.35. The maximum atomic E-state index is 11.9. The van der Waals surface area contributed by atoms with E-state index in [1.807, 2.05) is 24.3 Å². The average Bonchev–Trinajstić information content (AvgIpc) is 2.48. The van der Waals surface area contributed by atoms with Crippen molar-refractivity contribution in [2.75, 3.05) is 7.11 Å². The van der Waals surface area contributed by atoms with Crippen LogP contribution in [0.25, 0.3) is 0 Å². The van der Waals surface area contributed by atoms with Gasteiger partial charge in [-0.05, 0) is 30.5 Å². The first-order valence-electron chi connectivity index (χ1n) is 6.30. The number of halogens is 1. The third-order valence-corrected chi connectivity index (χ3v) is 4.36. The summed E-state index contributed by atoms with van der Waals surface area (Å²) in [7, 11) is 1.26. The summed E-state index contributed by atoms with van der Waals surface area (Å²) < 4.78 is 5.60. The number of Topliss-reactive ketones (excluding diaryl/α,β-unsaturated/α-hetero) is 1. The molecule has 1 saturated carbocycles. The van der Waals surface area contributed by atoms with Gasteiger partial charge in [0.25, 0.3) is 0 Å². The Kier molecular flexibility index (Phi) is 4.24. The molecule has 0 heterocycles. The number of carbonyl (C=O) groups excluding carboxylic acids is 2. The van der Waals surface area contributed by atoms with Crippen molar-refractivity contribution in [3.63, 3.8) is 0 Å². The van der Waals surface area contributed by atoms with Crippen LogP contribution in [0.2, 0.25) is 0 Å². The van der Waals surface area contributed by atoms with Gasteiger partial charge in [0.2, 0.25) is 0 Å². The number of nitriles is 1. The molecule has 1 aliphatic rings. The summed E-state index contributed by atoms with van der Waals surface area (Å²) in [6.45, 7) is 0. The fourth-order valence-corrected chi connectivity index (χ4v) is 2.89. The number of ether oxygens (including phenoxy) is 1. The number of methoxy groups -OCH3 is 1. The van der Waals surface area contributed by atoms with Gasteiger partial charge in [-0.15, -0.1) is 0 Å². The van der Waals surface area contributed by atoms with Crippen molar-refractivity contribution in [3.05, 3.63) is 34.3 Å². The summed E-state index contributed by atoms with van der Waals surface area (Å²) in [5.74, 6) is -1.52. The van der Waals surface area contributed by atoms with Gasteiger partial charge in [0.05, 0.1) is 18.6 Å². The van der Waals surface area contributed by atoms with Gasteiger partial charge in [0.15, 0.2) is 0 Å². The van der Waals surface area contributed by atoms with Crippen molar-refractivity contribution in [3.8, 4) is 6.07 Å². The Hall–Kier alpha value is -1.67. The Morgan fingerprint density at radius 2 is 2.10 bits per heavy atom. The number of nitrogens with zero attached hydrogens (tertiary/aromatic N) is 1. The zero-order chi connectivity index (χ0) is 14.8. The van der Waals surface area contributed by atoms with Gasteiger partial charge in [-0.3, -0.25) is 9.59 Å². The van der Waals surface area contributed by atoms with Crippen LogP contribution in [0, 0.1) is 17.2 Å². The van der Waals surface area contributed by atoms with Crippen LogP contribution in [0.1, 0.15) is 24.8 Å². The van der Waals surface area contributed by atoms with E-state index in [2.05, 4.69) is 26.7 Å². The highest BCUT2D eigenvalue weighted by molar-refractivity contribution is 9.10. The van der Waals surface area contributed by atoms with Gasteiger partial charge in [0.1, 0.15) is 11.7 Å². The maximum Gasteiger partial charge on any atom is 0.316 e. The largest absolute Gasteiger partial charge is 0.468 e. The van der Waals surface area contributed by atoms with E-state index in [1.54, 1.807) is 0 Å². The Morgan fingerprint density at radius 1 is 1.45 bits per heavy atom. The third kappa shape index (κ3) is 2.61. The minimum atomic E-state index is -0.836. The van der Waals surface area contributed by atoms with E-state index in [0.717, 1.165) is 10.0 Å². The molecule has 4 nitrogen and oxygen atoms in total. The highest BCUT2D eigenvalue weighted by atomic mass is 79.9. The van der Waals surface area contributed by atoms with Gasteiger partial charge in [-0.1, -0.05) is 28.1 Å². The molecule has 0 spiro atoms. The Bertz CT molecular complexity index is 568. The third-order valence-electron chi connectivity index (χ3n) is 3.84. The predicted octanol–water partition coefficient (Wildman–Crippen LogP) is 2.75. The average molecular weight is 336 g/mol. The van der Waals surface area contributed by atoms with Crippen LogP contribution >= 0.6 is 15.9 Å². The van der Waals surface area contributed by atoms with Crippen molar-refractivity contribution in [1.82, 2.24) is 0 Å². The van der Waals surface area contributed by atoms with Crippen LogP contribution < -0.4 is 0 Å². The van der Waals surface area contributed by atoms with E-state index in [4.69, 9.17) is 0 Å².